The van der Waals surface area contributed by atoms with E-state index in [1.165, 1.54) is 25.7 Å². The SMILES string of the molecule is COc1ccc(OC)c2c(-c3ccccc3Cl)c(C(=O)NN=Cc3cc(Br)cc(Br)c3OC(=O)c3ccco3)[nH]c12. The molecule has 0 aliphatic rings. The number of rotatable bonds is 8. The summed E-state index contributed by atoms with van der Waals surface area (Å²) in [5.41, 5.74) is 4.82. The van der Waals surface area contributed by atoms with Crippen LogP contribution in [-0.4, -0.2) is 37.3 Å². The molecule has 0 unspecified atom stereocenters. The Morgan fingerprint density at radius 2 is 1.78 bits per heavy atom. The number of carbonyl (C=O) groups is 2. The van der Waals surface area contributed by atoms with Crippen molar-refractivity contribution >= 4 is 72.5 Å². The zero-order chi connectivity index (χ0) is 29.1. The van der Waals surface area contributed by atoms with Gasteiger partial charge in [0.25, 0.3) is 5.91 Å². The maximum absolute atomic E-state index is 13.6. The number of furan rings is 1. The van der Waals surface area contributed by atoms with E-state index < -0.39 is 11.9 Å². The normalized spacial score (nSPS) is 11.1. The summed E-state index contributed by atoms with van der Waals surface area (Å²) in [6, 6.07) is 17.1. The van der Waals surface area contributed by atoms with Gasteiger partial charge in [0.1, 0.15) is 17.2 Å². The number of nitrogens with zero attached hydrogens (tertiary/aromatic N) is 1. The quantitative estimate of drug-likeness (QED) is 0.0745. The lowest BCUT2D eigenvalue weighted by Gasteiger charge is -2.10. The number of fused-ring (bicyclic) bond motifs is 1. The minimum absolute atomic E-state index is 0.0350. The molecule has 3 aromatic carbocycles. The molecule has 2 N–H and O–H groups in total. The number of halogens is 3. The van der Waals surface area contributed by atoms with Crippen molar-refractivity contribution in [2.45, 2.75) is 0 Å². The number of aromatic amines is 1. The van der Waals surface area contributed by atoms with E-state index in [2.05, 4.69) is 47.4 Å². The van der Waals surface area contributed by atoms with Gasteiger partial charge >= 0.3 is 5.97 Å². The van der Waals surface area contributed by atoms with Crippen LogP contribution in [0.15, 0.2) is 85.4 Å². The summed E-state index contributed by atoms with van der Waals surface area (Å²) < 4.78 is 23.0. The van der Waals surface area contributed by atoms with Gasteiger partial charge in [-0.05, 0) is 58.4 Å². The van der Waals surface area contributed by atoms with Gasteiger partial charge in [0.15, 0.2) is 5.75 Å². The molecule has 2 aromatic heterocycles. The Morgan fingerprint density at radius 1 is 1.02 bits per heavy atom. The Balaban J connectivity index is 1.53. The Hall–Kier alpha value is -4.06. The highest BCUT2D eigenvalue weighted by molar-refractivity contribution is 9.11. The number of H-pyrrole nitrogens is 1. The zero-order valence-corrected chi connectivity index (χ0v) is 25.4. The van der Waals surface area contributed by atoms with E-state index in [1.54, 1.807) is 49.6 Å². The highest BCUT2D eigenvalue weighted by atomic mass is 79.9. The smallest absolute Gasteiger partial charge is 0.379 e. The molecule has 0 fully saturated rings. The molecule has 5 aromatic rings. The van der Waals surface area contributed by atoms with Crippen molar-refractivity contribution in [3.05, 3.63) is 97.9 Å². The Bertz CT molecular complexity index is 1800. The predicted octanol–water partition coefficient (Wildman–Crippen LogP) is 7.61. The number of esters is 1. The van der Waals surface area contributed by atoms with Gasteiger partial charge in [-0.3, -0.25) is 4.79 Å². The van der Waals surface area contributed by atoms with E-state index in [0.29, 0.717) is 53.1 Å². The molecule has 0 radical (unpaired) electrons. The van der Waals surface area contributed by atoms with E-state index in [4.69, 9.17) is 30.2 Å². The van der Waals surface area contributed by atoms with Crippen LogP contribution in [0.4, 0.5) is 0 Å². The molecular formula is C29H20Br2ClN3O6. The first kappa shape index (κ1) is 28.5. The van der Waals surface area contributed by atoms with Crippen LogP contribution >= 0.6 is 43.5 Å². The fraction of sp³-hybridized carbons (Fsp3) is 0.0690. The minimum Gasteiger partial charge on any atom is -0.496 e. The number of aromatic nitrogens is 1. The summed E-state index contributed by atoms with van der Waals surface area (Å²) in [5, 5.41) is 5.21. The molecule has 9 nitrogen and oxygen atoms in total. The van der Waals surface area contributed by atoms with Crippen molar-refractivity contribution in [1.29, 1.82) is 0 Å². The van der Waals surface area contributed by atoms with Crippen molar-refractivity contribution in [3.8, 4) is 28.4 Å². The lowest BCUT2D eigenvalue weighted by atomic mass is 10.0. The van der Waals surface area contributed by atoms with Gasteiger partial charge in [-0.1, -0.05) is 45.7 Å². The van der Waals surface area contributed by atoms with E-state index >= 15 is 0 Å². The number of benzene rings is 3. The van der Waals surface area contributed by atoms with Crippen LogP contribution in [0.3, 0.4) is 0 Å². The zero-order valence-electron chi connectivity index (χ0n) is 21.5. The van der Waals surface area contributed by atoms with Gasteiger partial charge in [-0.25, -0.2) is 10.2 Å². The van der Waals surface area contributed by atoms with Gasteiger partial charge in [0, 0.05) is 26.2 Å². The van der Waals surface area contributed by atoms with E-state index in [0.717, 1.165) is 0 Å². The fourth-order valence-corrected chi connectivity index (χ4v) is 5.80. The molecule has 0 atom stereocenters. The second-order valence-electron chi connectivity index (χ2n) is 8.45. The van der Waals surface area contributed by atoms with Crippen molar-refractivity contribution in [2.75, 3.05) is 14.2 Å². The van der Waals surface area contributed by atoms with E-state index in [-0.39, 0.29) is 17.2 Å². The van der Waals surface area contributed by atoms with Crippen molar-refractivity contribution in [1.82, 2.24) is 10.4 Å². The van der Waals surface area contributed by atoms with Crippen molar-refractivity contribution < 1.29 is 28.2 Å². The average Bonchev–Trinajstić information content (AvgIpc) is 3.64. The first-order valence-corrected chi connectivity index (χ1v) is 13.9. The molecule has 12 heteroatoms. The molecule has 41 heavy (non-hydrogen) atoms. The number of methoxy groups -OCH3 is 2. The largest absolute Gasteiger partial charge is 0.496 e. The number of hydrogen-bond donors (Lipinski definition) is 2. The molecule has 1 amide bonds. The summed E-state index contributed by atoms with van der Waals surface area (Å²) >= 11 is 13.4. The highest BCUT2D eigenvalue weighted by Crippen LogP contribution is 2.44. The lowest BCUT2D eigenvalue weighted by Crippen LogP contribution is -2.19. The number of hydrazone groups is 1. The van der Waals surface area contributed by atoms with Crippen LogP contribution in [-0.2, 0) is 0 Å². The monoisotopic (exact) mass is 699 g/mol. The van der Waals surface area contributed by atoms with E-state index in [9.17, 15) is 9.59 Å². The number of nitrogens with one attached hydrogen (secondary N) is 2. The predicted molar refractivity (Wildman–Crippen MR) is 162 cm³/mol. The average molecular weight is 702 g/mol. The van der Waals surface area contributed by atoms with Crippen LogP contribution in [0.2, 0.25) is 5.02 Å². The highest BCUT2D eigenvalue weighted by Gasteiger charge is 2.25. The second kappa shape index (κ2) is 12.2. The number of carbonyl (C=O) groups excluding carboxylic acids is 2. The molecule has 208 valence electrons. The maximum atomic E-state index is 13.6. The Labute approximate surface area is 255 Å². The van der Waals surface area contributed by atoms with Gasteiger partial charge in [-0.15, -0.1) is 0 Å². The first-order chi connectivity index (χ1) is 19.8. The third kappa shape index (κ3) is 5.74. The van der Waals surface area contributed by atoms with Gasteiger partial charge in [0.2, 0.25) is 5.76 Å². The summed E-state index contributed by atoms with van der Waals surface area (Å²) in [7, 11) is 3.08. The summed E-state index contributed by atoms with van der Waals surface area (Å²) in [6.45, 7) is 0. The number of amides is 1. The Morgan fingerprint density at radius 3 is 2.49 bits per heavy atom. The standard InChI is InChI=1S/C29H20Br2ClN3O6/c1-38-20-9-10-21(39-2)25-24(20)23(17-6-3-4-7-19(17)32)26(34-25)28(36)35-33-14-15-12-16(30)13-18(31)27(15)41-29(37)22-8-5-11-40-22/h3-14,34H,1-2H3,(H,35,36). The molecule has 0 bridgehead atoms. The molecule has 5 rings (SSSR count). The van der Waals surface area contributed by atoms with Crippen LogP contribution in [0.5, 0.6) is 17.2 Å². The number of ether oxygens (including phenoxy) is 3. The molecule has 0 saturated carbocycles. The maximum Gasteiger partial charge on any atom is 0.379 e. The third-order valence-corrected chi connectivity index (χ3v) is 7.39. The van der Waals surface area contributed by atoms with Gasteiger partial charge < -0.3 is 23.6 Å². The van der Waals surface area contributed by atoms with Crippen molar-refractivity contribution in [3.63, 3.8) is 0 Å². The topological polar surface area (TPSA) is 115 Å². The summed E-state index contributed by atoms with van der Waals surface area (Å²) in [6.07, 6.45) is 2.73. The summed E-state index contributed by atoms with van der Waals surface area (Å²) in [5.74, 6) is 0.00845. The molecule has 0 aliphatic carbocycles. The molecule has 0 aliphatic heterocycles. The van der Waals surface area contributed by atoms with Crippen LogP contribution in [0.1, 0.15) is 26.6 Å². The number of hydrogen-bond acceptors (Lipinski definition) is 7. The molecule has 0 saturated heterocycles. The molecule has 0 spiro atoms. The van der Waals surface area contributed by atoms with E-state index in [1.807, 2.05) is 12.1 Å². The third-order valence-electron chi connectivity index (χ3n) is 6.01. The minimum atomic E-state index is -0.693. The van der Waals surface area contributed by atoms with Gasteiger partial charge in [0.05, 0.1) is 42.1 Å². The van der Waals surface area contributed by atoms with Crippen LogP contribution in [0.25, 0.3) is 22.0 Å². The second-order valence-corrected chi connectivity index (χ2v) is 10.6. The Kier molecular flexibility index (Phi) is 8.48. The van der Waals surface area contributed by atoms with Gasteiger partial charge in [-0.2, -0.15) is 5.10 Å². The molecular weight excluding hydrogens is 682 g/mol. The lowest BCUT2D eigenvalue weighted by molar-refractivity contribution is 0.0699. The van der Waals surface area contributed by atoms with Crippen LogP contribution < -0.4 is 19.6 Å². The van der Waals surface area contributed by atoms with Crippen LogP contribution in [0, 0.1) is 0 Å². The summed E-state index contributed by atoms with van der Waals surface area (Å²) in [4.78, 5) is 29.2. The fourth-order valence-electron chi connectivity index (χ4n) is 4.23. The van der Waals surface area contributed by atoms with Crippen molar-refractivity contribution in [2.24, 2.45) is 5.10 Å². The molecule has 2 heterocycles. The first-order valence-electron chi connectivity index (χ1n) is 11.9.